The topological polar surface area (TPSA) is 53.4 Å². The van der Waals surface area contributed by atoms with Gasteiger partial charge in [-0.3, -0.25) is 9.36 Å². The van der Waals surface area contributed by atoms with E-state index >= 15 is 0 Å². The van der Waals surface area contributed by atoms with Crippen molar-refractivity contribution in [2.75, 3.05) is 13.2 Å². The van der Waals surface area contributed by atoms with Gasteiger partial charge >= 0.3 is 6.18 Å². The SMILES string of the molecule is O=c1c2ccc(-c3ccccc3C(F)(F)F)cc2nc2n1CCC1(CC2)OCCO1. The molecule has 2 aliphatic heterocycles. The average Bonchev–Trinajstić information content (AvgIpc) is 3.11. The minimum atomic E-state index is -4.47. The number of aromatic nitrogens is 2. The second-order valence-electron chi connectivity index (χ2n) is 7.62. The zero-order valence-corrected chi connectivity index (χ0v) is 16.0. The van der Waals surface area contributed by atoms with Gasteiger partial charge in [0, 0.05) is 25.8 Å². The largest absolute Gasteiger partial charge is 0.417 e. The molecule has 5 nitrogen and oxygen atoms in total. The highest BCUT2D eigenvalue weighted by molar-refractivity contribution is 5.84. The Morgan fingerprint density at radius 1 is 1.03 bits per heavy atom. The number of halogens is 3. The van der Waals surface area contributed by atoms with Crippen molar-refractivity contribution in [3.8, 4) is 11.1 Å². The van der Waals surface area contributed by atoms with Crippen molar-refractivity contribution in [1.29, 1.82) is 0 Å². The van der Waals surface area contributed by atoms with E-state index in [2.05, 4.69) is 4.98 Å². The maximum atomic E-state index is 13.4. The average molecular weight is 416 g/mol. The lowest BCUT2D eigenvalue weighted by molar-refractivity contribution is -0.165. The molecule has 5 rings (SSSR count). The van der Waals surface area contributed by atoms with Crippen LogP contribution in [0.3, 0.4) is 0 Å². The molecule has 0 unspecified atom stereocenters. The Bertz CT molecular complexity index is 1180. The van der Waals surface area contributed by atoms with Gasteiger partial charge in [-0.25, -0.2) is 4.98 Å². The zero-order valence-electron chi connectivity index (χ0n) is 16.0. The van der Waals surface area contributed by atoms with Crippen LogP contribution in [-0.4, -0.2) is 28.6 Å². The van der Waals surface area contributed by atoms with Gasteiger partial charge in [-0.1, -0.05) is 24.3 Å². The number of rotatable bonds is 1. The van der Waals surface area contributed by atoms with Crippen molar-refractivity contribution < 1.29 is 22.6 Å². The van der Waals surface area contributed by atoms with E-state index in [4.69, 9.17) is 9.47 Å². The van der Waals surface area contributed by atoms with Crippen LogP contribution in [0.25, 0.3) is 22.0 Å². The standard InChI is InChI=1S/C22H19F3N2O3/c23-22(24,25)17-4-2-1-3-15(17)14-5-6-16-18(13-14)26-19-7-8-21(29-11-12-30-21)9-10-27(19)20(16)28/h1-6,13H,7-12H2. The molecular weight excluding hydrogens is 397 g/mol. The van der Waals surface area contributed by atoms with Crippen molar-refractivity contribution in [3.05, 3.63) is 64.2 Å². The molecule has 0 atom stereocenters. The van der Waals surface area contributed by atoms with Crippen LogP contribution in [0.2, 0.25) is 0 Å². The van der Waals surface area contributed by atoms with Crippen LogP contribution in [-0.2, 0) is 28.6 Å². The molecule has 156 valence electrons. The summed E-state index contributed by atoms with van der Waals surface area (Å²) in [5, 5.41) is 0.385. The highest BCUT2D eigenvalue weighted by Gasteiger charge is 2.38. The van der Waals surface area contributed by atoms with E-state index in [-0.39, 0.29) is 11.1 Å². The summed E-state index contributed by atoms with van der Waals surface area (Å²) in [5.74, 6) is -0.0758. The summed E-state index contributed by atoms with van der Waals surface area (Å²) in [7, 11) is 0. The molecule has 3 aromatic rings. The van der Waals surface area contributed by atoms with Crippen molar-refractivity contribution in [2.45, 2.75) is 37.8 Å². The fraction of sp³-hybridized carbons (Fsp3) is 0.364. The first-order valence-electron chi connectivity index (χ1n) is 9.84. The van der Waals surface area contributed by atoms with Crippen LogP contribution < -0.4 is 5.56 Å². The number of nitrogens with zero attached hydrogens (tertiary/aromatic N) is 2. The molecule has 0 N–H and O–H groups in total. The summed E-state index contributed by atoms with van der Waals surface area (Å²) in [6.07, 6.45) is -2.83. The molecule has 0 amide bonds. The van der Waals surface area contributed by atoms with Crippen LogP contribution in [0.1, 0.15) is 24.2 Å². The molecule has 0 radical (unpaired) electrons. The lowest BCUT2D eigenvalue weighted by atomic mass is 9.98. The highest BCUT2D eigenvalue weighted by Crippen LogP contribution is 2.37. The second-order valence-corrected chi connectivity index (χ2v) is 7.62. The van der Waals surface area contributed by atoms with Gasteiger partial charge < -0.3 is 9.47 Å². The van der Waals surface area contributed by atoms with Gasteiger partial charge in [0.1, 0.15) is 5.82 Å². The number of aryl methyl sites for hydroxylation is 1. The Labute approximate surface area is 170 Å². The molecule has 8 heteroatoms. The third-order valence-electron chi connectivity index (χ3n) is 5.84. The van der Waals surface area contributed by atoms with Gasteiger partial charge in [0.2, 0.25) is 0 Å². The van der Waals surface area contributed by atoms with Gasteiger partial charge in [-0.15, -0.1) is 0 Å². The minimum Gasteiger partial charge on any atom is -0.347 e. The molecule has 1 spiro atoms. The first-order valence-corrected chi connectivity index (χ1v) is 9.84. The number of hydrogen-bond acceptors (Lipinski definition) is 4. The van der Waals surface area contributed by atoms with Crippen LogP contribution in [0, 0.1) is 0 Å². The predicted octanol–water partition coefficient (Wildman–Crippen LogP) is 4.16. The van der Waals surface area contributed by atoms with Gasteiger partial charge in [0.05, 0.1) is 29.7 Å². The fourth-order valence-corrected chi connectivity index (χ4v) is 4.33. The Morgan fingerprint density at radius 2 is 1.80 bits per heavy atom. The Balaban J connectivity index is 1.60. The van der Waals surface area contributed by atoms with Gasteiger partial charge in [-0.2, -0.15) is 13.2 Å². The normalized spacial score (nSPS) is 18.5. The predicted molar refractivity (Wildman–Crippen MR) is 104 cm³/mol. The summed E-state index contributed by atoms with van der Waals surface area (Å²) in [6, 6.07) is 10.1. The van der Waals surface area contributed by atoms with Crippen LogP contribution >= 0.6 is 0 Å². The molecule has 1 fully saturated rings. The van der Waals surface area contributed by atoms with E-state index in [0.29, 0.717) is 61.3 Å². The minimum absolute atomic E-state index is 0.0652. The molecule has 2 aromatic carbocycles. The number of benzene rings is 2. The Morgan fingerprint density at radius 3 is 2.57 bits per heavy atom. The molecule has 1 aromatic heterocycles. The molecule has 0 bridgehead atoms. The molecule has 0 saturated carbocycles. The number of ether oxygens (including phenoxy) is 2. The van der Waals surface area contributed by atoms with Crippen molar-refractivity contribution in [1.82, 2.24) is 9.55 Å². The van der Waals surface area contributed by atoms with E-state index in [0.717, 1.165) is 6.07 Å². The maximum absolute atomic E-state index is 13.4. The van der Waals surface area contributed by atoms with Crippen LogP contribution in [0.15, 0.2) is 47.3 Å². The summed E-state index contributed by atoms with van der Waals surface area (Å²) in [5.41, 5.74) is -0.0748. The highest BCUT2D eigenvalue weighted by atomic mass is 19.4. The third kappa shape index (κ3) is 3.20. The van der Waals surface area contributed by atoms with Crippen LogP contribution in [0.5, 0.6) is 0 Å². The van der Waals surface area contributed by atoms with E-state index < -0.39 is 17.5 Å². The van der Waals surface area contributed by atoms with Crippen LogP contribution in [0.4, 0.5) is 13.2 Å². The molecule has 30 heavy (non-hydrogen) atoms. The number of alkyl halides is 3. The molecule has 1 saturated heterocycles. The number of fused-ring (bicyclic) bond motifs is 2. The van der Waals surface area contributed by atoms with E-state index in [1.54, 1.807) is 28.8 Å². The quantitative estimate of drug-likeness (QED) is 0.598. The van der Waals surface area contributed by atoms with Gasteiger partial charge in [0.15, 0.2) is 5.79 Å². The summed E-state index contributed by atoms with van der Waals surface area (Å²) >= 11 is 0. The lowest BCUT2D eigenvalue weighted by Gasteiger charge is -2.24. The number of hydrogen-bond donors (Lipinski definition) is 0. The lowest BCUT2D eigenvalue weighted by Crippen LogP contribution is -2.31. The van der Waals surface area contributed by atoms with Gasteiger partial charge in [0.25, 0.3) is 5.56 Å². The third-order valence-corrected chi connectivity index (χ3v) is 5.84. The summed E-state index contributed by atoms with van der Waals surface area (Å²) in [4.78, 5) is 17.7. The monoisotopic (exact) mass is 416 g/mol. The molecule has 3 heterocycles. The van der Waals surface area contributed by atoms with E-state index in [1.165, 1.54) is 12.1 Å². The van der Waals surface area contributed by atoms with Crippen molar-refractivity contribution in [3.63, 3.8) is 0 Å². The first kappa shape index (κ1) is 19.3. The summed E-state index contributed by atoms with van der Waals surface area (Å²) in [6.45, 7) is 1.49. The van der Waals surface area contributed by atoms with E-state index in [1.807, 2.05) is 0 Å². The van der Waals surface area contributed by atoms with E-state index in [9.17, 15) is 18.0 Å². The van der Waals surface area contributed by atoms with Crippen molar-refractivity contribution >= 4 is 10.9 Å². The maximum Gasteiger partial charge on any atom is 0.417 e. The Kier molecular flexibility index (Phi) is 4.44. The molecule has 2 aliphatic rings. The van der Waals surface area contributed by atoms with Crippen molar-refractivity contribution in [2.24, 2.45) is 0 Å². The Hall–Kier alpha value is -2.71. The van der Waals surface area contributed by atoms with Gasteiger partial charge in [-0.05, 0) is 29.3 Å². The molecular formula is C22H19F3N2O3. The fourth-order valence-electron chi connectivity index (χ4n) is 4.33. The second kappa shape index (κ2) is 6.92. The zero-order chi connectivity index (χ0) is 20.9. The molecule has 0 aliphatic carbocycles. The summed E-state index contributed by atoms with van der Waals surface area (Å²) < 4.78 is 53.5. The smallest absolute Gasteiger partial charge is 0.347 e. The first-order chi connectivity index (χ1) is 14.4.